The van der Waals surface area contributed by atoms with Gasteiger partial charge in [-0.1, -0.05) is 6.07 Å². The van der Waals surface area contributed by atoms with Crippen molar-refractivity contribution in [3.63, 3.8) is 0 Å². The molecule has 0 aliphatic heterocycles. The minimum Gasteiger partial charge on any atom is -0.508 e. The molecule has 0 aromatic heterocycles. The Morgan fingerprint density at radius 2 is 1.50 bits per heavy atom. The molecule has 0 heterocycles. The van der Waals surface area contributed by atoms with Crippen LogP contribution in [0.25, 0.3) is 0 Å². The van der Waals surface area contributed by atoms with Gasteiger partial charge in [0, 0.05) is 6.07 Å². The van der Waals surface area contributed by atoms with Crippen molar-refractivity contribution in [3.05, 3.63) is 24.3 Å². The third kappa shape index (κ3) is 0.904. The number of phenols is 2. The van der Waals surface area contributed by atoms with Gasteiger partial charge in [0.15, 0.2) is 0 Å². The Morgan fingerprint density at radius 3 is 1.75 bits per heavy atom. The molecule has 1 aromatic rings. The van der Waals surface area contributed by atoms with Crippen LogP contribution in [0.1, 0.15) is 0 Å². The van der Waals surface area contributed by atoms with Crippen molar-refractivity contribution in [1.29, 1.82) is 0 Å². The van der Waals surface area contributed by atoms with Gasteiger partial charge in [-0.15, -0.1) is 0 Å². The van der Waals surface area contributed by atoms with Gasteiger partial charge < -0.3 is 10.2 Å². The van der Waals surface area contributed by atoms with Crippen molar-refractivity contribution in [2.45, 2.75) is 0 Å². The fraction of sp³-hybridized carbons (Fsp3) is 0. The predicted molar refractivity (Wildman–Crippen MR) is 29.8 cm³/mol. The number of hydrogen-bond donors (Lipinski definition) is 2. The van der Waals surface area contributed by atoms with Crippen LogP contribution in [0.3, 0.4) is 0 Å². The Bertz CT molecular complexity index is 166. The monoisotopic (exact) mass is 116 g/mol. The summed E-state index contributed by atoms with van der Waals surface area (Å²) in [5, 5.41) is 17.3. The van der Waals surface area contributed by atoms with Gasteiger partial charge in [-0.05, 0) is 12.1 Å². The van der Waals surface area contributed by atoms with Crippen LogP contribution in [0.4, 0.5) is 0 Å². The number of benzene rings is 1. The molecule has 0 atom stereocenters. The smallest absolute Gasteiger partial charge is 0.119 e. The Labute approximate surface area is 47.0 Å². The molecule has 0 saturated heterocycles. The molecule has 0 amide bonds. The molecule has 0 radical (unpaired) electrons. The van der Waals surface area contributed by atoms with Gasteiger partial charge in [0.25, 0.3) is 0 Å². The molecule has 1 aromatic carbocycles. The molecule has 42 valence electrons. The largest absolute Gasteiger partial charge is 0.508 e. The van der Waals surface area contributed by atoms with Crippen molar-refractivity contribution >= 4 is 0 Å². The van der Waals surface area contributed by atoms with Crippen LogP contribution < -0.4 is 0 Å². The average molecular weight is 116 g/mol. The molecule has 1 rings (SSSR count). The van der Waals surface area contributed by atoms with Gasteiger partial charge in [-0.2, -0.15) is 0 Å². The standard InChI is InChI=1S/C6H6O2/c7-5-2-1-3-6(8)4-5/h1-4,7-8H/i1+1,2+1,3+1,4+1,5+1,6+1. The third-order valence-electron chi connectivity index (χ3n) is 0.830. The van der Waals surface area contributed by atoms with Crippen LogP contribution in [0.2, 0.25) is 0 Å². The van der Waals surface area contributed by atoms with Crippen molar-refractivity contribution in [2.24, 2.45) is 0 Å². The summed E-state index contributed by atoms with van der Waals surface area (Å²) in [5.41, 5.74) is 0. The van der Waals surface area contributed by atoms with E-state index in [1.807, 2.05) is 0 Å². The minimum atomic E-state index is 0.0880. The van der Waals surface area contributed by atoms with Crippen molar-refractivity contribution in [2.75, 3.05) is 0 Å². The molecule has 0 aliphatic rings. The van der Waals surface area contributed by atoms with Gasteiger partial charge in [0.2, 0.25) is 0 Å². The van der Waals surface area contributed by atoms with Crippen LogP contribution in [0.5, 0.6) is 11.5 Å². The molecule has 0 spiro atoms. The first-order valence-corrected chi connectivity index (χ1v) is 2.27. The molecule has 0 saturated carbocycles. The summed E-state index contributed by atoms with van der Waals surface area (Å²) in [5.74, 6) is 0.176. The Hall–Kier alpha value is -1.18. The van der Waals surface area contributed by atoms with Crippen LogP contribution in [0.15, 0.2) is 24.3 Å². The van der Waals surface area contributed by atoms with Crippen LogP contribution in [-0.4, -0.2) is 10.2 Å². The van der Waals surface area contributed by atoms with Crippen molar-refractivity contribution in [1.82, 2.24) is 0 Å². The lowest BCUT2D eigenvalue weighted by atomic mass is 11.3. The molecule has 2 nitrogen and oxygen atoms in total. The molecule has 2 N–H and O–H groups in total. The first kappa shape index (κ1) is 4.97. The maximum absolute atomic E-state index is 8.65. The van der Waals surface area contributed by atoms with E-state index in [1.54, 1.807) is 6.07 Å². The fourth-order valence-electron chi connectivity index (χ4n) is 0.493. The second-order valence-electron chi connectivity index (χ2n) is 1.52. The summed E-state index contributed by atoms with van der Waals surface area (Å²) in [4.78, 5) is 0. The van der Waals surface area contributed by atoms with Crippen molar-refractivity contribution < 1.29 is 10.2 Å². The molecule has 0 bridgehead atoms. The van der Waals surface area contributed by atoms with E-state index < -0.39 is 0 Å². The van der Waals surface area contributed by atoms with E-state index in [0.717, 1.165) is 0 Å². The van der Waals surface area contributed by atoms with E-state index in [1.165, 1.54) is 18.2 Å². The molecule has 0 aliphatic carbocycles. The zero-order valence-corrected chi connectivity index (χ0v) is 4.20. The third-order valence-corrected chi connectivity index (χ3v) is 0.830. The molecule has 8 heavy (non-hydrogen) atoms. The minimum absolute atomic E-state index is 0.0880. The first-order chi connectivity index (χ1) is 3.79. The van der Waals surface area contributed by atoms with E-state index in [0.29, 0.717) is 0 Å². The maximum atomic E-state index is 8.65. The normalized spacial score (nSPS) is 9.00. The molecule has 2 heteroatoms. The lowest BCUT2D eigenvalue weighted by Crippen LogP contribution is -1.61. The van der Waals surface area contributed by atoms with Gasteiger partial charge in [0.05, 0.1) is 0 Å². The van der Waals surface area contributed by atoms with Crippen molar-refractivity contribution in [3.8, 4) is 11.5 Å². The number of hydrogen-bond acceptors (Lipinski definition) is 2. The highest BCUT2D eigenvalue weighted by atomic mass is 16.4. The molecule has 0 unspecified atom stereocenters. The van der Waals surface area contributed by atoms with Gasteiger partial charge in [-0.3, -0.25) is 0 Å². The highest BCUT2D eigenvalue weighted by Crippen LogP contribution is 2.14. The number of aromatic hydroxyl groups is 2. The summed E-state index contributed by atoms with van der Waals surface area (Å²) in [6.45, 7) is 0. The summed E-state index contributed by atoms with van der Waals surface area (Å²) in [6.07, 6.45) is 0. The van der Waals surface area contributed by atoms with E-state index in [4.69, 9.17) is 10.2 Å². The topological polar surface area (TPSA) is 40.5 Å². The Kier molecular flexibility index (Phi) is 1.08. The lowest BCUT2D eigenvalue weighted by Gasteiger charge is -1.89. The van der Waals surface area contributed by atoms with E-state index in [-0.39, 0.29) is 11.5 Å². The van der Waals surface area contributed by atoms with Crippen LogP contribution in [-0.2, 0) is 0 Å². The zero-order chi connectivity index (χ0) is 5.98. The fourth-order valence-corrected chi connectivity index (χ4v) is 0.493. The number of phenolic OH excluding ortho intramolecular Hbond substituents is 2. The van der Waals surface area contributed by atoms with Gasteiger partial charge in [-0.25, -0.2) is 0 Å². The molecular weight excluding hydrogens is 110 g/mol. The Morgan fingerprint density at radius 1 is 1.00 bits per heavy atom. The highest BCUT2D eigenvalue weighted by Gasteiger charge is 1.85. The average Bonchev–Trinajstić information content (AvgIpc) is 1.64. The quantitative estimate of drug-likeness (QED) is 0.532. The lowest BCUT2D eigenvalue weighted by molar-refractivity contribution is 0.450. The van der Waals surface area contributed by atoms with Crippen LogP contribution >= 0.6 is 0 Å². The zero-order valence-electron chi connectivity index (χ0n) is 4.20. The molecule has 0 fully saturated rings. The van der Waals surface area contributed by atoms with E-state index in [2.05, 4.69) is 0 Å². The Balaban J connectivity index is 3.08. The maximum Gasteiger partial charge on any atom is 0.119 e. The van der Waals surface area contributed by atoms with Gasteiger partial charge in [0.1, 0.15) is 11.5 Å². The predicted octanol–water partition coefficient (Wildman–Crippen LogP) is 1.10. The summed E-state index contributed by atoms with van der Waals surface area (Å²) in [6, 6.07) is 5.85. The highest BCUT2D eigenvalue weighted by molar-refractivity contribution is 5.30. The second kappa shape index (κ2) is 1.74. The SMILES string of the molecule is O[13c]1[13cH][13cH][13cH][13c](O)[13cH]1. The summed E-state index contributed by atoms with van der Waals surface area (Å²) >= 11 is 0. The second-order valence-corrected chi connectivity index (χ2v) is 1.52. The number of rotatable bonds is 0. The summed E-state index contributed by atoms with van der Waals surface area (Å²) < 4.78 is 0. The van der Waals surface area contributed by atoms with E-state index in [9.17, 15) is 0 Å². The van der Waals surface area contributed by atoms with E-state index >= 15 is 0 Å². The first-order valence-electron chi connectivity index (χ1n) is 2.27. The van der Waals surface area contributed by atoms with Gasteiger partial charge >= 0.3 is 0 Å². The van der Waals surface area contributed by atoms with Crippen LogP contribution in [0, 0.1) is 0 Å². The molecular formula is C6H6O2. The summed E-state index contributed by atoms with van der Waals surface area (Å²) in [7, 11) is 0.